The number of nitrogens with one attached hydrogen (secondary N) is 1. The molecule has 1 aliphatic rings. The van der Waals surface area contributed by atoms with Crippen molar-refractivity contribution in [3.05, 3.63) is 54.4 Å². The monoisotopic (exact) mass is 306 g/mol. The molecule has 3 aromatic rings. The van der Waals surface area contributed by atoms with Crippen LogP contribution in [0.4, 0.5) is 5.69 Å². The normalized spacial score (nSPS) is 15.0. The number of aldehydes is 1. The topological polar surface area (TPSA) is 50.2 Å². The molecule has 0 unspecified atom stereocenters. The van der Waals surface area contributed by atoms with Gasteiger partial charge < -0.3 is 10.2 Å². The number of anilines is 1. The van der Waals surface area contributed by atoms with Crippen molar-refractivity contribution in [2.45, 2.75) is 0 Å². The number of hydrogen-bond donors (Lipinski definition) is 1. The largest absolute Gasteiger partial charge is 0.369 e. The van der Waals surface area contributed by atoms with Crippen LogP contribution in [0.2, 0.25) is 0 Å². The van der Waals surface area contributed by atoms with E-state index in [1.807, 2.05) is 16.7 Å². The third-order valence-electron chi connectivity index (χ3n) is 4.32. The van der Waals surface area contributed by atoms with Crippen LogP contribution in [-0.4, -0.2) is 42.0 Å². The van der Waals surface area contributed by atoms with Gasteiger partial charge in [-0.2, -0.15) is 0 Å². The SMILES string of the molecule is O=Cc1ccc2ncn(-c3ccc(N4CCNCC4)cc3)c2c1. The molecule has 2 heterocycles. The highest BCUT2D eigenvalue weighted by Gasteiger charge is 2.11. The molecule has 1 saturated heterocycles. The molecule has 1 aliphatic heterocycles. The van der Waals surface area contributed by atoms with Crippen molar-refractivity contribution in [2.24, 2.45) is 0 Å². The van der Waals surface area contributed by atoms with Gasteiger partial charge in [-0.3, -0.25) is 9.36 Å². The maximum Gasteiger partial charge on any atom is 0.150 e. The molecule has 4 rings (SSSR count). The van der Waals surface area contributed by atoms with E-state index in [1.54, 1.807) is 12.4 Å². The number of nitrogens with zero attached hydrogens (tertiary/aromatic N) is 3. The lowest BCUT2D eigenvalue weighted by Gasteiger charge is -2.29. The summed E-state index contributed by atoms with van der Waals surface area (Å²) in [5, 5.41) is 3.37. The van der Waals surface area contributed by atoms with Crippen molar-refractivity contribution >= 4 is 23.0 Å². The molecule has 0 radical (unpaired) electrons. The second kappa shape index (κ2) is 5.85. The summed E-state index contributed by atoms with van der Waals surface area (Å²) >= 11 is 0. The van der Waals surface area contributed by atoms with Crippen molar-refractivity contribution in [1.29, 1.82) is 0 Å². The van der Waals surface area contributed by atoms with Gasteiger partial charge in [0.25, 0.3) is 0 Å². The van der Waals surface area contributed by atoms with E-state index in [0.29, 0.717) is 5.56 Å². The smallest absolute Gasteiger partial charge is 0.150 e. The van der Waals surface area contributed by atoms with E-state index in [1.165, 1.54) is 5.69 Å². The molecule has 1 fully saturated rings. The molecule has 1 N–H and O–H groups in total. The molecule has 5 nitrogen and oxygen atoms in total. The standard InChI is InChI=1S/C18H18N4O/c23-12-14-1-6-17-18(11-14)22(13-20-17)16-4-2-15(3-5-16)21-9-7-19-8-10-21/h1-6,11-13,19H,7-10H2. The molecule has 0 bridgehead atoms. The molecular weight excluding hydrogens is 288 g/mol. The highest BCUT2D eigenvalue weighted by atomic mass is 16.1. The second-order valence-corrected chi connectivity index (χ2v) is 5.73. The number of hydrogen-bond acceptors (Lipinski definition) is 4. The van der Waals surface area contributed by atoms with Crippen LogP contribution in [0.5, 0.6) is 0 Å². The van der Waals surface area contributed by atoms with Gasteiger partial charge in [-0.25, -0.2) is 4.98 Å². The van der Waals surface area contributed by atoms with Crippen LogP contribution in [0.15, 0.2) is 48.8 Å². The fourth-order valence-corrected chi connectivity index (χ4v) is 3.05. The summed E-state index contributed by atoms with van der Waals surface area (Å²) in [5.74, 6) is 0. The fraction of sp³-hybridized carbons (Fsp3) is 0.222. The van der Waals surface area contributed by atoms with Crippen molar-refractivity contribution in [3.8, 4) is 5.69 Å². The first-order valence-corrected chi connectivity index (χ1v) is 7.83. The van der Waals surface area contributed by atoms with Gasteiger partial charge in [-0.15, -0.1) is 0 Å². The third-order valence-corrected chi connectivity index (χ3v) is 4.32. The molecule has 0 spiro atoms. The summed E-state index contributed by atoms with van der Waals surface area (Å²) in [7, 11) is 0. The Morgan fingerprint density at radius 1 is 1.00 bits per heavy atom. The van der Waals surface area contributed by atoms with Crippen molar-refractivity contribution in [2.75, 3.05) is 31.1 Å². The molecule has 0 aliphatic carbocycles. The highest BCUT2D eigenvalue weighted by molar-refractivity contribution is 5.86. The first-order chi connectivity index (χ1) is 11.3. The van der Waals surface area contributed by atoms with Gasteiger partial charge >= 0.3 is 0 Å². The van der Waals surface area contributed by atoms with Crippen LogP contribution in [0.3, 0.4) is 0 Å². The summed E-state index contributed by atoms with van der Waals surface area (Å²) in [4.78, 5) is 17.8. The predicted molar refractivity (Wildman–Crippen MR) is 91.5 cm³/mol. The number of piperazine rings is 1. The lowest BCUT2D eigenvalue weighted by molar-refractivity contribution is 0.112. The third kappa shape index (κ3) is 2.59. The van der Waals surface area contributed by atoms with Gasteiger partial charge in [0.05, 0.1) is 11.0 Å². The van der Waals surface area contributed by atoms with Gasteiger partial charge in [-0.1, -0.05) is 0 Å². The summed E-state index contributed by atoms with van der Waals surface area (Å²) < 4.78 is 2.02. The van der Waals surface area contributed by atoms with E-state index in [2.05, 4.69) is 39.5 Å². The average molecular weight is 306 g/mol. The quantitative estimate of drug-likeness (QED) is 0.754. The Balaban J connectivity index is 1.69. The van der Waals surface area contributed by atoms with Crippen molar-refractivity contribution in [3.63, 3.8) is 0 Å². The number of carbonyl (C=O) groups is 1. The Kier molecular flexibility index (Phi) is 3.55. The Labute approximate surface area is 134 Å². The summed E-state index contributed by atoms with van der Waals surface area (Å²) in [6, 6.07) is 14.1. The first kappa shape index (κ1) is 14.0. The zero-order valence-electron chi connectivity index (χ0n) is 12.8. The van der Waals surface area contributed by atoms with Gasteiger partial charge in [0, 0.05) is 43.1 Å². The molecule has 0 atom stereocenters. The number of benzene rings is 2. The molecular formula is C18H18N4O. The zero-order chi connectivity index (χ0) is 15.6. The van der Waals surface area contributed by atoms with E-state index in [9.17, 15) is 4.79 Å². The summed E-state index contributed by atoms with van der Waals surface area (Å²) in [5.41, 5.74) is 4.80. The Morgan fingerprint density at radius 3 is 2.48 bits per heavy atom. The van der Waals surface area contributed by atoms with Crippen molar-refractivity contribution in [1.82, 2.24) is 14.9 Å². The van der Waals surface area contributed by atoms with E-state index >= 15 is 0 Å². The minimum absolute atomic E-state index is 0.664. The molecule has 0 saturated carbocycles. The Bertz CT molecular complexity index is 832. The van der Waals surface area contributed by atoms with Gasteiger partial charge in [0.15, 0.2) is 0 Å². The Hall–Kier alpha value is -2.66. The van der Waals surface area contributed by atoms with E-state index in [0.717, 1.165) is 49.2 Å². The molecule has 23 heavy (non-hydrogen) atoms. The van der Waals surface area contributed by atoms with Gasteiger partial charge in [-0.05, 0) is 42.5 Å². The zero-order valence-corrected chi connectivity index (χ0v) is 12.8. The van der Waals surface area contributed by atoms with Crippen LogP contribution < -0.4 is 10.2 Å². The lowest BCUT2D eigenvalue weighted by atomic mass is 10.2. The summed E-state index contributed by atoms with van der Waals surface area (Å²) in [6.45, 7) is 4.14. The van der Waals surface area contributed by atoms with Crippen LogP contribution in [-0.2, 0) is 0 Å². The second-order valence-electron chi connectivity index (χ2n) is 5.73. The molecule has 1 aromatic heterocycles. The number of rotatable bonds is 3. The number of carbonyl (C=O) groups excluding carboxylic acids is 1. The van der Waals surface area contributed by atoms with Crippen molar-refractivity contribution < 1.29 is 4.79 Å². The minimum atomic E-state index is 0.664. The summed E-state index contributed by atoms with van der Waals surface area (Å²) in [6.07, 6.45) is 2.67. The van der Waals surface area contributed by atoms with Gasteiger partial charge in [0.2, 0.25) is 0 Å². The molecule has 5 heteroatoms. The maximum atomic E-state index is 11.0. The number of aromatic nitrogens is 2. The maximum absolute atomic E-state index is 11.0. The first-order valence-electron chi connectivity index (χ1n) is 7.83. The molecule has 0 amide bonds. The minimum Gasteiger partial charge on any atom is -0.369 e. The van der Waals surface area contributed by atoms with E-state index < -0.39 is 0 Å². The van der Waals surface area contributed by atoms with E-state index in [4.69, 9.17) is 0 Å². The average Bonchev–Trinajstić information content (AvgIpc) is 3.05. The predicted octanol–water partition coefficient (Wildman–Crippen LogP) is 2.25. The number of fused-ring (bicyclic) bond motifs is 1. The van der Waals surface area contributed by atoms with E-state index in [-0.39, 0.29) is 0 Å². The number of imidazole rings is 1. The molecule has 116 valence electrons. The van der Waals surface area contributed by atoms with Gasteiger partial charge in [0.1, 0.15) is 12.6 Å². The van der Waals surface area contributed by atoms with Crippen LogP contribution in [0, 0.1) is 0 Å². The Morgan fingerprint density at radius 2 is 1.74 bits per heavy atom. The van der Waals surface area contributed by atoms with Crippen LogP contribution in [0.25, 0.3) is 16.7 Å². The lowest BCUT2D eigenvalue weighted by Crippen LogP contribution is -2.43. The van der Waals surface area contributed by atoms with Crippen LogP contribution in [0.1, 0.15) is 10.4 Å². The van der Waals surface area contributed by atoms with Crippen LogP contribution >= 0.6 is 0 Å². The fourth-order valence-electron chi connectivity index (χ4n) is 3.05. The molecule has 2 aromatic carbocycles. The highest BCUT2D eigenvalue weighted by Crippen LogP contribution is 2.22.